The zero-order chi connectivity index (χ0) is 18.5. The van der Waals surface area contributed by atoms with Crippen molar-refractivity contribution in [1.29, 1.82) is 0 Å². The Labute approximate surface area is 154 Å². The van der Waals surface area contributed by atoms with E-state index in [0.29, 0.717) is 31.5 Å². The molecular weight excluding hydrogens is 377 g/mol. The van der Waals surface area contributed by atoms with Gasteiger partial charge in [-0.25, -0.2) is 12.8 Å². The zero-order valence-corrected chi connectivity index (χ0v) is 16.0. The first-order valence-corrected chi connectivity index (χ1v) is 10.6. The number of sulfonamides is 1. The van der Waals surface area contributed by atoms with Gasteiger partial charge in [0.1, 0.15) is 10.8 Å². The molecule has 0 aliphatic carbocycles. The SMILES string of the molecule is Cc1cc(F)ccc1S(=O)(=O)N1CCC(c2nn3c(C)nnc3s2)CC1. The number of hydrogen-bond acceptors (Lipinski definition) is 6. The van der Waals surface area contributed by atoms with Crippen LogP contribution >= 0.6 is 11.3 Å². The van der Waals surface area contributed by atoms with E-state index >= 15 is 0 Å². The van der Waals surface area contributed by atoms with Crippen LogP contribution in [0.15, 0.2) is 23.1 Å². The van der Waals surface area contributed by atoms with Crippen LogP contribution in [0.4, 0.5) is 4.39 Å². The molecule has 0 amide bonds. The minimum Gasteiger partial charge on any atom is -0.207 e. The third-order valence-corrected chi connectivity index (χ3v) is 7.84. The number of nitrogens with zero attached hydrogens (tertiary/aromatic N) is 5. The lowest BCUT2D eigenvalue weighted by Crippen LogP contribution is -2.38. The Balaban J connectivity index is 1.52. The van der Waals surface area contributed by atoms with Gasteiger partial charge in [-0.05, 0) is 50.5 Å². The number of fused-ring (bicyclic) bond motifs is 1. The standard InChI is InChI=1S/C16H18FN5O2S2/c1-10-9-13(17)3-4-14(10)26(23,24)21-7-5-12(6-8-21)15-20-22-11(2)18-19-16(22)25-15/h3-4,9,12H,5-8H2,1-2H3. The molecule has 0 radical (unpaired) electrons. The van der Waals surface area contributed by atoms with Crippen LogP contribution in [0, 0.1) is 19.7 Å². The normalized spacial score (nSPS) is 17.2. The first-order valence-electron chi connectivity index (χ1n) is 8.31. The molecule has 0 unspecified atom stereocenters. The highest BCUT2D eigenvalue weighted by atomic mass is 32.2. The average Bonchev–Trinajstić information content (AvgIpc) is 3.17. The number of benzene rings is 1. The first kappa shape index (κ1) is 17.5. The minimum atomic E-state index is -3.61. The van der Waals surface area contributed by atoms with Crippen molar-refractivity contribution in [3.05, 3.63) is 40.4 Å². The molecule has 1 fully saturated rings. The molecule has 26 heavy (non-hydrogen) atoms. The molecule has 10 heteroatoms. The molecule has 7 nitrogen and oxygen atoms in total. The molecule has 0 saturated carbocycles. The second-order valence-electron chi connectivity index (χ2n) is 6.47. The van der Waals surface area contributed by atoms with E-state index in [1.54, 1.807) is 11.4 Å². The maximum Gasteiger partial charge on any atom is 0.243 e. The van der Waals surface area contributed by atoms with Crippen LogP contribution in [0.5, 0.6) is 0 Å². The van der Waals surface area contributed by atoms with E-state index in [4.69, 9.17) is 0 Å². The molecule has 0 N–H and O–H groups in total. The fourth-order valence-corrected chi connectivity index (χ4v) is 6.01. The van der Waals surface area contributed by atoms with Crippen molar-refractivity contribution in [3.63, 3.8) is 0 Å². The van der Waals surface area contributed by atoms with Crippen LogP contribution in [0.3, 0.4) is 0 Å². The topological polar surface area (TPSA) is 80.5 Å². The van der Waals surface area contributed by atoms with Crippen molar-refractivity contribution >= 4 is 26.3 Å². The quantitative estimate of drug-likeness (QED) is 0.681. The first-order chi connectivity index (χ1) is 12.4. The van der Waals surface area contributed by atoms with Crippen LogP contribution in [0.2, 0.25) is 0 Å². The summed E-state index contributed by atoms with van der Waals surface area (Å²) in [5, 5.41) is 13.6. The van der Waals surface area contributed by atoms with Crippen molar-refractivity contribution in [2.75, 3.05) is 13.1 Å². The largest absolute Gasteiger partial charge is 0.243 e. The number of aromatic nitrogens is 4. The molecule has 1 aromatic carbocycles. The second kappa shape index (κ2) is 6.36. The molecule has 0 atom stereocenters. The molecule has 3 heterocycles. The van der Waals surface area contributed by atoms with E-state index in [2.05, 4.69) is 15.3 Å². The van der Waals surface area contributed by atoms with Crippen molar-refractivity contribution in [1.82, 2.24) is 24.1 Å². The smallest absolute Gasteiger partial charge is 0.207 e. The lowest BCUT2D eigenvalue weighted by atomic mass is 9.99. The van der Waals surface area contributed by atoms with Gasteiger partial charge in [0.05, 0.1) is 4.90 Å². The van der Waals surface area contributed by atoms with Crippen molar-refractivity contribution < 1.29 is 12.8 Å². The van der Waals surface area contributed by atoms with Gasteiger partial charge in [0.15, 0.2) is 5.82 Å². The minimum absolute atomic E-state index is 0.173. The Bertz CT molecular complexity index is 1070. The Morgan fingerprint density at radius 2 is 1.92 bits per heavy atom. The average molecular weight is 395 g/mol. The van der Waals surface area contributed by atoms with Crippen LogP contribution in [0.25, 0.3) is 4.96 Å². The Morgan fingerprint density at radius 1 is 1.19 bits per heavy atom. The molecule has 3 aromatic rings. The summed E-state index contributed by atoms with van der Waals surface area (Å²) in [6, 6.07) is 3.79. The molecule has 4 rings (SSSR count). The number of halogens is 1. The van der Waals surface area contributed by atoms with Gasteiger partial charge in [0, 0.05) is 19.0 Å². The molecule has 138 valence electrons. The van der Waals surface area contributed by atoms with Crippen LogP contribution < -0.4 is 0 Å². The molecular formula is C16H18FN5O2S2. The predicted molar refractivity (Wildman–Crippen MR) is 95.3 cm³/mol. The van der Waals surface area contributed by atoms with Gasteiger partial charge in [0.25, 0.3) is 0 Å². The summed E-state index contributed by atoms with van der Waals surface area (Å²) >= 11 is 1.50. The Hall–Kier alpha value is -1.91. The van der Waals surface area contributed by atoms with Gasteiger partial charge in [-0.2, -0.15) is 13.9 Å². The zero-order valence-electron chi connectivity index (χ0n) is 14.4. The van der Waals surface area contributed by atoms with E-state index in [1.807, 2.05) is 6.92 Å². The van der Waals surface area contributed by atoms with Gasteiger partial charge in [-0.1, -0.05) is 11.3 Å². The van der Waals surface area contributed by atoms with Crippen molar-refractivity contribution in [3.8, 4) is 0 Å². The second-order valence-corrected chi connectivity index (χ2v) is 9.36. The Morgan fingerprint density at radius 3 is 2.58 bits per heavy atom. The van der Waals surface area contributed by atoms with E-state index in [9.17, 15) is 12.8 Å². The molecule has 0 bridgehead atoms. The van der Waals surface area contributed by atoms with Crippen molar-refractivity contribution in [2.45, 2.75) is 37.5 Å². The van der Waals surface area contributed by atoms with Crippen molar-refractivity contribution in [2.24, 2.45) is 0 Å². The molecule has 2 aromatic heterocycles. The summed E-state index contributed by atoms with van der Waals surface area (Å²) in [5.74, 6) is 0.523. The molecule has 1 aliphatic rings. The van der Waals surface area contributed by atoms with Gasteiger partial charge in [-0.3, -0.25) is 0 Å². The van der Waals surface area contributed by atoms with Crippen LogP contribution in [0.1, 0.15) is 35.2 Å². The number of hydrogen-bond donors (Lipinski definition) is 0. The third kappa shape index (κ3) is 2.91. The summed E-state index contributed by atoms with van der Waals surface area (Å²) < 4.78 is 42.2. The predicted octanol–water partition coefficient (Wildman–Crippen LogP) is 2.51. The highest BCUT2D eigenvalue weighted by molar-refractivity contribution is 7.89. The monoisotopic (exact) mass is 395 g/mol. The highest BCUT2D eigenvalue weighted by Gasteiger charge is 2.32. The number of rotatable bonds is 3. The third-order valence-electron chi connectivity index (χ3n) is 4.72. The van der Waals surface area contributed by atoms with Crippen LogP contribution in [-0.2, 0) is 10.0 Å². The van der Waals surface area contributed by atoms with Gasteiger partial charge in [-0.15, -0.1) is 10.2 Å². The van der Waals surface area contributed by atoms with Gasteiger partial charge in [0.2, 0.25) is 15.0 Å². The van der Waals surface area contributed by atoms with E-state index in [0.717, 1.165) is 15.8 Å². The summed E-state index contributed by atoms with van der Waals surface area (Å²) in [5.41, 5.74) is 0.427. The Kier molecular flexibility index (Phi) is 4.28. The lowest BCUT2D eigenvalue weighted by Gasteiger charge is -2.30. The van der Waals surface area contributed by atoms with E-state index in [1.165, 1.54) is 33.8 Å². The molecule has 1 aliphatic heterocycles. The van der Waals surface area contributed by atoms with Gasteiger partial charge >= 0.3 is 0 Å². The lowest BCUT2D eigenvalue weighted by molar-refractivity contribution is 0.318. The van der Waals surface area contributed by atoms with E-state index < -0.39 is 15.8 Å². The summed E-state index contributed by atoms with van der Waals surface area (Å²) in [6.07, 6.45) is 1.39. The highest BCUT2D eigenvalue weighted by Crippen LogP contribution is 2.33. The van der Waals surface area contributed by atoms with Crippen LogP contribution in [-0.4, -0.2) is 45.6 Å². The molecule has 0 spiro atoms. The van der Waals surface area contributed by atoms with E-state index in [-0.39, 0.29) is 10.8 Å². The fourth-order valence-electron chi connectivity index (χ4n) is 3.28. The maximum absolute atomic E-state index is 13.3. The van der Waals surface area contributed by atoms with Gasteiger partial charge < -0.3 is 0 Å². The number of piperidine rings is 1. The summed E-state index contributed by atoms with van der Waals surface area (Å²) in [4.78, 5) is 0.932. The summed E-state index contributed by atoms with van der Waals surface area (Å²) in [6.45, 7) is 4.31. The fraction of sp³-hybridized carbons (Fsp3) is 0.438. The molecule has 1 saturated heterocycles. The maximum atomic E-state index is 13.3. The summed E-state index contributed by atoms with van der Waals surface area (Å²) in [7, 11) is -3.61. The number of aryl methyl sites for hydroxylation is 2.